The third kappa shape index (κ3) is 4.40. The van der Waals surface area contributed by atoms with E-state index in [-0.39, 0.29) is 10.8 Å². The maximum atomic E-state index is 6.24. The Bertz CT molecular complexity index is 3090. The van der Waals surface area contributed by atoms with E-state index in [9.17, 15) is 0 Å². The van der Waals surface area contributed by atoms with Crippen molar-refractivity contribution in [3.8, 4) is 22.5 Å². The lowest BCUT2D eigenvalue weighted by Gasteiger charge is -2.42. The Kier molecular flexibility index (Phi) is 6.19. The van der Waals surface area contributed by atoms with E-state index in [1.165, 1.54) is 78.8 Å². The molecule has 53 heavy (non-hydrogen) atoms. The zero-order chi connectivity index (χ0) is 35.6. The van der Waals surface area contributed by atoms with Gasteiger partial charge in [-0.05, 0) is 119 Å². The molecule has 3 heterocycles. The minimum absolute atomic E-state index is 0.124. The normalized spacial score (nSPS) is 15.3. The summed E-state index contributed by atoms with van der Waals surface area (Å²) in [6.45, 7) is 9.71. The Balaban J connectivity index is 1.14. The molecule has 1 aliphatic carbocycles. The lowest BCUT2D eigenvalue weighted by molar-refractivity contribution is 0.332. The number of hydrogen-bond donors (Lipinski definition) is 0. The van der Waals surface area contributed by atoms with Crippen LogP contribution in [0.25, 0.3) is 88.1 Å². The van der Waals surface area contributed by atoms with Crippen LogP contribution in [0.5, 0.6) is 0 Å². The summed E-state index contributed by atoms with van der Waals surface area (Å²) in [4.78, 5) is 0. The highest BCUT2D eigenvalue weighted by Crippen LogP contribution is 2.49. The van der Waals surface area contributed by atoms with Crippen molar-refractivity contribution < 1.29 is 4.42 Å². The van der Waals surface area contributed by atoms with Crippen LogP contribution < -0.4 is 0 Å². The van der Waals surface area contributed by atoms with Crippen molar-refractivity contribution in [1.29, 1.82) is 0 Å². The van der Waals surface area contributed by atoms with Crippen LogP contribution in [0.1, 0.15) is 51.7 Å². The molecule has 3 heteroatoms. The molecule has 7 aromatic carbocycles. The van der Waals surface area contributed by atoms with Gasteiger partial charge >= 0.3 is 0 Å². The molecule has 256 valence electrons. The number of nitrogens with zero attached hydrogens (tertiary/aromatic N) is 2. The van der Waals surface area contributed by atoms with Crippen LogP contribution in [0.3, 0.4) is 0 Å². The van der Waals surface area contributed by atoms with Gasteiger partial charge in [0.2, 0.25) is 0 Å². The van der Waals surface area contributed by atoms with Crippen LogP contribution in [-0.2, 0) is 10.8 Å². The topological polar surface area (TPSA) is 23.0 Å². The molecule has 1 aliphatic rings. The van der Waals surface area contributed by atoms with Crippen molar-refractivity contribution in [2.75, 3.05) is 0 Å². The molecule has 3 aromatic heterocycles. The van der Waals surface area contributed by atoms with E-state index in [1.54, 1.807) is 0 Å². The molecule has 0 aliphatic heterocycles. The standard InChI is InChI=1S/C50H40N2O/c1-49(2)24-25-50(3,4)42-29-44-40(28-41(42)49)39-27-38-35-14-8-10-16-43(35)51(45(38)30-46(39)52(44)33-12-6-5-7-13-33)34-21-18-31(19-22-34)32-20-23-37-36-15-9-11-17-47(36)53-48(37)26-32/h5-23,26-30H,24-25H2,1-4H3. The summed E-state index contributed by atoms with van der Waals surface area (Å²) in [6, 6.07) is 53.6. The Hall–Kier alpha value is -6.06. The Morgan fingerprint density at radius 2 is 0.943 bits per heavy atom. The van der Waals surface area contributed by atoms with Crippen LogP contribution in [0, 0.1) is 0 Å². The van der Waals surface area contributed by atoms with Crippen molar-refractivity contribution in [3.05, 3.63) is 157 Å². The summed E-state index contributed by atoms with van der Waals surface area (Å²) in [7, 11) is 0. The molecule has 0 saturated heterocycles. The molecule has 10 aromatic rings. The summed E-state index contributed by atoms with van der Waals surface area (Å²) in [5.74, 6) is 0. The zero-order valence-corrected chi connectivity index (χ0v) is 30.6. The fraction of sp³-hybridized carbons (Fsp3) is 0.160. The number of aromatic nitrogens is 2. The van der Waals surface area contributed by atoms with Gasteiger partial charge in [-0.2, -0.15) is 0 Å². The molecule has 0 unspecified atom stereocenters. The van der Waals surface area contributed by atoms with Crippen LogP contribution in [0.15, 0.2) is 150 Å². The first kappa shape index (κ1) is 30.6. The van der Waals surface area contributed by atoms with Crippen LogP contribution in [0.2, 0.25) is 0 Å². The average molecular weight is 685 g/mol. The average Bonchev–Trinajstić information content (AvgIpc) is 3.82. The largest absolute Gasteiger partial charge is 0.456 e. The van der Waals surface area contributed by atoms with Gasteiger partial charge in [-0.15, -0.1) is 0 Å². The SMILES string of the molecule is CC1(C)CCC(C)(C)c2cc3c(cc21)c1cc2c4ccccc4n(-c4ccc(-c5ccc6c(c5)oc5ccccc56)cc4)c2cc1n3-c1ccccc1. The molecule has 3 nitrogen and oxygen atoms in total. The first-order valence-electron chi connectivity index (χ1n) is 18.9. The van der Waals surface area contributed by atoms with Gasteiger partial charge in [0.15, 0.2) is 0 Å². The Morgan fingerprint density at radius 1 is 0.396 bits per heavy atom. The van der Waals surface area contributed by atoms with E-state index in [0.29, 0.717) is 0 Å². The van der Waals surface area contributed by atoms with Gasteiger partial charge in [-0.25, -0.2) is 0 Å². The van der Waals surface area contributed by atoms with E-state index in [1.807, 2.05) is 12.1 Å². The van der Waals surface area contributed by atoms with Gasteiger partial charge in [0.25, 0.3) is 0 Å². The van der Waals surface area contributed by atoms with Crippen molar-refractivity contribution in [2.24, 2.45) is 0 Å². The minimum atomic E-state index is 0.124. The van der Waals surface area contributed by atoms with Gasteiger partial charge < -0.3 is 13.6 Å². The van der Waals surface area contributed by atoms with Crippen LogP contribution in [0.4, 0.5) is 0 Å². The van der Waals surface area contributed by atoms with E-state index in [4.69, 9.17) is 4.42 Å². The molecule has 0 bridgehead atoms. The molecule has 0 saturated carbocycles. The monoisotopic (exact) mass is 684 g/mol. The first-order valence-corrected chi connectivity index (χ1v) is 18.9. The second kappa shape index (κ2) is 10.7. The molecule has 11 rings (SSSR count). The van der Waals surface area contributed by atoms with Crippen molar-refractivity contribution in [3.63, 3.8) is 0 Å². The number of furan rings is 1. The zero-order valence-electron chi connectivity index (χ0n) is 30.6. The van der Waals surface area contributed by atoms with E-state index < -0.39 is 0 Å². The Labute approximate surface area is 308 Å². The highest BCUT2D eigenvalue weighted by atomic mass is 16.3. The molecule has 0 amide bonds. The molecule has 0 N–H and O–H groups in total. The highest BCUT2D eigenvalue weighted by molar-refractivity contribution is 6.19. The van der Waals surface area contributed by atoms with Crippen molar-refractivity contribution in [1.82, 2.24) is 9.13 Å². The van der Waals surface area contributed by atoms with Crippen molar-refractivity contribution in [2.45, 2.75) is 51.4 Å². The molecular weight excluding hydrogens is 645 g/mol. The van der Waals surface area contributed by atoms with Gasteiger partial charge in [-0.1, -0.05) is 100 Å². The summed E-state index contributed by atoms with van der Waals surface area (Å²) >= 11 is 0. The maximum Gasteiger partial charge on any atom is 0.136 e. The minimum Gasteiger partial charge on any atom is -0.456 e. The Morgan fingerprint density at radius 3 is 1.72 bits per heavy atom. The molecule has 0 radical (unpaired) electrons. The number of hydrogen-bond acceptors (Lipinski definition) is 1. The number of rotatable bonds is 3. The van der Waals surface area contributed by atoms with Gasteiger partial charge in [0.05, 0.1) is 22.1 Å². The summed E-state index contributed by atoms with van der Waals surface area (Å²) in [6.07, 6.45) is 2.39. The van der Waals surface area contributed by atoms with Gasteiger partial charge in [0.1, 0.15) is 11.2 Å². The van der Waals surface area contributed by atoms with Crippen LogP contribution >= 0.6 is 0 Å². The summed E-state index contributed by atoms with van der Waals surface area (Å²) < 4.78 is 11.2. The van der Waals surface area contributed by atoms with E-state index in [0.717, 1.165) is 33.2 Å². The second-order valence-electron chi connectivity index (χ2n) is 16.4. The fourth-order valence-corrected chi connectivity index (χ4v) is 9.38. The molecule has 0 fully saturated rings. The van der Waals surface area contributed by atoms with Gasteiger partial charge in [-0.3, -0.25) is 0 Å². The first-order chi connectivity index (χ1) is 25.7. The molecule has 0 atom stereocenters. The fourth-order valence-electron chi connectivity index (χ4n) is 9.38. The smallest absolute Gasteiger partial charge is 0.136 e. The predicted molar refractivity (Wildman–Crippen MR) is 223 cm³/mol. The third-order valence-corrected chi connectivity index (χ3v) is 12.4. The highest BCUT2D eigenvalue weighted by Gasteiger charge is 2.38. The molecular formula is C50H40N2O. The lowest BCUT2D eigenvalue weighted by Crippen LogP contribution is -2.33. The molecule has 0 spiro atoms. The maximum absolute atomic E-state index is 6.24. The number of benzene rings is 7. The van der Waals surface area contributed by atoms with Crippen LogP contribution in [-0.4, -0.2) is 9.13 Å². The quantitative estimate of drug-likeness (QED) is 0.182. The predicted octanol–water partition coefficient (Wildman–Crippen LogP) is 13.8. The van der Waals surface area contributed by atoms with E-state index >= 15 is 0 Å². The van der Waals surface area contributed by atoms with Crippen molar-refractivity contribution >= 4 is 65.6 Å². The second-order valence-corrected chi connectivity index (χ2v) is 16.4. The number of fused-ring (bicyclic) bond motifs is 10. The summed E-state index contributed by atoms with van der Waals surface area (Å²) in [5.41, 5.74) is 14.7. The number of para-hydroxylation sites is 3. The van der Waals surface area contributed by atoms with Gasteiger partial charge in [0, 0.05) is 43.7 Å². The van der Waals surface area contributed by atoms with E-state index in [2.05, 4.69) is 170 Å². The third-order valence-electron chi connectivity index (χ3n) is 12.4. The lowest BCUT2D eigenvalue weighted by atomic mass is 9.63. The summed E-state index contributed by atoms with van der Waals surface area (Å²) in [5, 5.41) is 7.48.